The second kappa shape index (κ2) is 10.6. The highest BCUT2D eigenvalue weighted by atomic mass is 16.7. The Bertz CT molecular complexity index is 1350. The van der Waals surface area contributed by atoms with Crippen LogP contribution in [0.4, 0.5) is 0 Å². The predicted molar refractivity (Wildman–Crippen MR) is 180 cm³/mol. The summed E-state index contributed by atoms with van der Waals surface area (Å²) in [5, 5.41) is 0. The first kappa shape index (κ1) is 31.8. The molecular weight excluding hydrogens is 572 g/mol. The fourth-order valence-corrected chi connectivity index (χ4v) is 13.2. The molecule has 2 aliphatic heterocycles. The number of hydrogen-bond donors (Lipinski definition) is 0. The maximum Gasteiger partial charge on any atom is 0.169 e. The molecule has 0 bridgehead atoms. The summed E-state index contributed by atoms with van der Waals surface area (Å²) >= 11 is 0. The molecule has 0 radical (unpaired) electrons. The summed E-state index contributed by atoms with van der Waals surface area (Å²) in [6.45, 7) is 22.4. The van der Waals surface area contributed by atoms with E-state index in [2.05, 4.69) is 53.7 Å². The van der Waals surface area contributed by atoms with E-state index < -0.39 is 0 Å². The van der Waals surface area contributed by atoms with Crippen LogP contribution in [-0.2, 0) is 25.6 Å². The zero-order valence-corrected chi connectivity index (χ0v) is 29.8. The van der Waals surface area contributed by atoms with E-state index >= 15 is 0 Å². The molecular formula is C41H60O5. The number of fused-ring (bicyclic) bond motifs is 7. The fourth-order valence-electron chi connectivity index (χ4n) is 13.2. The summed E-state index contributed by atoms with van der Waals surface area (Å²) in [7, 11) is 1.72. The largest absolute Gasteiger partial charge is 0.497 e. The first-order chi connectivity index (χ1) is 21.8. The monoisotopic (exact) mass is 632 g/mol. The quantitative estimate of drug-likeness (QED) is 0.231. The Hall–Kier alpha value is -1.40. The molecule has 1 aromatic carbocycles. The van der Waals surface area contributed by atoms with Crippen LogP contribution in [0.15, 0.2) is 36.4 Å². The molecule has 1 unspecified atom stereocenters. The second-order valence-corrected chi connectivity index (χ2v) is 18.0. The number of hydrogen-bond acceptors (Lipinski definition) is 5. The molecule has 0 N–H and O–H groups in total. The van der Waals surface area contributed by atoms with Gasteiger partial charge >= 0.3 is 0 Å². The van der Waals surface area contributed by atoms with Crippen LogP contribution in [0.3, 0.4) is 0 Å². The van der Waals surface area contributed by atoms with Gasteiger partial charge < -0.3 is 23.7 Å². The lowest BCUT2D eigenvalue weighted by Crippen LogP contribution is -2.60. The van der Waals surface area contributed by atoms with Gasteiger partial charge in [-0.3, -0.25) is 0 Å². The van der Waals surface area contributed by atoms with Crippen molar-refractivity contribution in [2.45, 2.75) is 135 Å². The summed E-state index contributed by atoms with van der Waals surface area (Å²) in [4.78, 5) is 0. The minimum Gasteiger partial charge on any atom is -0.497 e. The van der Waals surface area contributed by atoms with Crippen LogP contribution < -0.4 is 4.74 Å². The Morgan fingerprint density at radius 2 is 1.61 bits per heavy atom. The van der Waals surface area contributed by atoms with Gasteiger partial charge in [-0.05, 0) is 122 Å². The van der Waals surface area contributed by atoms with Crippen molar-refractivity contribution in [1.29, 1.82) is 0 Å². The molecule has 0 amide bonds. The standard InChI is InChI=1S/C41H60O5/c1-26-9-14-31(35(21-26)43-24-29-10-12-30(42-8)13-11-29)28(3)41-16-15-33-32-22-27(2)38(6)25-40(44-19-20-45-40)18-17-36(38,4)34(32)23-37(33,5)39(41,7)46-41/h10-13,26-27,31-35H,3,9,14-25H2,1-2,4-8H3/t26-,27+,31+,32+,33+,34+,35-,36-,37-,38-,39+,41?/m1/s1. The lowest BCUT2D eigenvalue weighted by atomic mass is 9.42. The van der Waals surface area contributed by atoms with E-state index in [0.29, 0.717) is 29.8 Å². The van der Waals surface area contributed by atoms with Gasteiger partial charge in [-0.25, -0.2) is 0 Å². The number of benzene rings is 1. The lowest BCUT2D eigenvalue weighted by Gasteiger charge is -2.64. The molecule has 7 fully saturated rings. The van der Waals surface area contributed by atoms with E-state index in [-0.39, 0.29) is 33.9 Å². The first-order valence-electron chi connectivity index (χ1n) is 18.8. The summed E-state index contributed by atoms with van der Waals surface area (Å²) in [5.41, 5.74) is 2.86. The minimum absolute atomic E-state index is 0.148. The molecule has 2 saturated heterocycles. The predicted octanol–water partition coefficient (Wildman–Crippen LogP) is 9.13. The topological polar surface area (TPSA) is 49.5 Å². The molecule has 5 saturated carbocycles. The summed E-state index contributed by atoms with van der Waals surface area (Å²) in [6, 6.07) is 8.32. The van der Waals surface area contributed by atoms with Crippen LogP contribution in [-0.4, -0.2) is 43.4 Å². The normalized spacial score (nSPS) is 50.3. The smallest absolute Gasteiger partial charge is 0.169 e. The van der Waals surface area contributed by atoms with E-state index in [9.17, 15) is 0 Å². The molecule has 2 heterocycles. The summed E-state index contributed by atoms with van der Waals surface area (Å²) in [6.07, 6.45) is 12.0. The van der Waals surface area contributed by atoms with Crippen LogP contribution in [0.2, 0.25) is 0 Å². The van der Waals surface area contributed by atoms with Gasteiger partial charge in [-0.15, -0.1) is 0 Å². The Morgan fingerprint density at radius 3 is 2.33 bits per heavy atom. The Balaban J connectivity index is 1.03. The number of methoxy groups -OCH3 is 1. The van der Waals surface area contributed by atoms with E-state index in [1.807, 2.05) is 12.1 Å². The van der Waals surface area contributed by atoms with Gasteiger partial charge in [0.05, 0.1) is 33.0 Å². The minimum atomic E-state index is -0.341. The molecule has 254 valence electrons. The molecule has 0 aromatic heterocycles. The van der Waals surface area contributed by atoms with E-state index in [1.165, 1.54) is 43.2 Å². The summed E-state index contributed by atoms with van der Waals surface area (Å²) in [5.74, 6) is 4.45. The highest BCUT2D eigenvalue weighted by molar-refractivity contribution is 5.40. The number of epoxide rings is 1. The second-order valence-electron chi connectivity index (χ2n) is 18.0. The van der Waals surface area contributed by atoms with Crippen molar-refractivity contribution in [3.05, 3.63) is 42.0 Å². The molecule has 7 aliphatic rings. The molecule has 5 heteroatoms. The Labute approximate surface area is 278 Å². The zero-order valence-electron chi connectivity index (χ0n) is 29.8. The highest BCUT2D eigenvalue weighted by Gasteiger charge is 2.83. The van der Waals surface area contributed by atoms with Crippen molar-refractivity contribution in [2.24, 2.45) is 51.8 Å². The van der Waals surface area contributed by atoms with Crippen molar-refractivity contribution >= 4 is 0 Å². The first-order valence-corrected chi connectivity index (χ1v) is 18.8. The Kier molecular flexibility index (Phi) is 7.30. The molecule has 5 nitrogen and oxygen atoms in total. The zero-order chi connectivity index (χ0) is 32.3. The molecule has 46 heavy (non-hydrogen) atoms. The lowest BCUT2D eigenvalue weighted by molar-refractivity contribution is -0.259. The van der Waals surface area contributed by atoms with Crippen molar-refractivity contribution < 1.29 is 23.7 Å². The SMILES string of the molecule is C=C([C@@H]1CC[C@@H](C)C[C@H]1OCc1ccc(OC)cc1)C12CC[C@H]3[C@@H]4C[C@H](C)[C@@]5(C)CC6(CC[C@]5(C)[C@H]4C[C@@]3(C)[C@]1(C)O2)OCCO6. The maximum atomic E-state index is 7.24. The van der Waals surface area contributed by atoms with Gasteiger partial charge in [-0.2, -0.15) is 0 Å². The average molecular weight is 633 g/mol. The van der Waals surface area contributed by atoms with Gasteiger partial charge in [0.25, 0.3) is 0 Å². The third-order valence-electron chi connectivity index (χ3n) is 16.5. The summed E-state index contributed by atoms with van der Waals surface area (Å²) < 4.78 is 32.1. The van der Waals surface area contributed by atoms with Gasteiger partial charge in [0.2, 0.25) is 0 Å². The fraction of sp³-hybridized carbons (Fsp3) is 0.805. The number of ether oxygens (including phenoxy) is 5. The molecule has 12 atom stereocenters. The Morgan fingerprint density at radius 1 is 0.870 bits per heavy atom. The van der Waals surface area contributed by atoms with Crippen molar-refractivity contribution in [1.82, 2.24) is 0 Å². The van der Waals surface area contributed by atoms with Crippen LogP contribution in [0.1, 0.15) is 111 Å². The van der Waals surface area contributed by atoms with Gasteiger partial charge in [-0.1, -0.05) is 53.3 Å². The van der Waals surface area contributed by atoms with Crippen LogP contribution in [0.5, 0.6) is 5.75 Å². The van der Waals surface area contributed by atoms with Gasteiger partial charge in [0.15, 0.2) is 5.79 Å². The van der Waals surface area contributed by atoms with Crippen molar-refractivity contribution in [3.8, 4) is 5.75 Å². The maximum absolute atomic E-state index is 7.24. The van der Waals surface area contributed by atoms with Crippen molar-refractivity contribution in [3.63, 3.8) is 0 Å². The van der Waals surface area contributed by atoms with Crippen molar-refractivity contribution in [2.75, 3.05) is 20.3 Å². The molecule has 8 rings (SSSR count). The van der Waals surface area contributed by atoms with Crippen LogP contribution >= 0.6 is 0 Å². The van der Waals surface area contributed by atoms with Gasteiger partial charge in [0, 0.05) is 24.2 Å². The highest BCUT2D eigenvalue weighted by Crippen LogP contribution is 2.81. The third-order valence-corrected chi connectivity index (χ3v) is 16.5. The number of rotatable bonds is 6. The molecule has 1 aromatic rings. The average Bonchev–Trinajstić information content (AvgIpc) is 3.29. The van der Waals surface area contributed by atoms with Crippen LogP contribution in [0.25, 0.3) is 0 Å². The molecule has 5 aliphatic carbocycles. The van der Waals surface area contributed by atoms with Crippen LogP contribution in [0, 0.1) is 51.8 Å². The van der Waals surface area contributed by atoms with Gasteiger partial charge in [0.1, 0.15) is 17.0 Å². The molecule has 1 spiro atoms. The van der Waals surface area contributed by atoms with E-state index in [4.69, 9.17) is 30.3 Å². The van der Waals surface area contributed by atoms with E-state index in [1.54, 1.807) is 7.11 Å². The van der Waals surface area contributed by atoms with E-state index in [0.717, 1.165) is 68.8 Å². The third kappa shape index (κ3) is 4.19.